The number of H-pyrrole nitrogens is 1. The van der Waals surface area contributed by atoms with E-state index in [1.807, 2.05) is 19.1 Å². The topological polar surface area (TPSA) is 57.8 Å². The Morgan fingerprint density at radius 3 is 3.10 bits per heavy atom. The molecule has 2 N–H and O–H groups in total. The highest BCUT2D eigenvalue weighted by Gasteiger charge is 2.29. The Kier molecular flexibility index (Phi) is 3.78. The van der Waals surface area contributed by atoms with Crippen LogP contribution in [0.3, 0.4) is 0 Å². The highest BCUT2D eigenvalue weighted by atomic mass is 32.2. The highest BCUT2D eigenvalue weighted by molar-refractivity contribution is 8.01. The summed E-state index contributed by atoms with van der Waals surface area (Å²) in [7, 11) is 0. The van der Waals surface area contributed by atoms with Crippen LogP contribution in [0.2, 0.25) is 0 Å². The molecule has 1 amide bonds. The minimum absolute atomic E-state index is 0.0311. The number of nitrogens with one attached hydrogen (secondary N) is 2. The van der Waals surface area contributed by atoms with Gasteiger partial charge in [0.25, 0.3) is 0 Å². The molecule has 0 saturated heterocycles. The van der Waals surface area contributed by atoms with Gasteiger partial charge >= 0.3 is 0 Å². The number of carbonyl (C=O) groups excluding carboxylic acids is 1. The summed E-state index contributed by atoms with van der Waals surface area (Å²) in [5, 5.41) is 3.06. The Bertz CT molecular complexity index is 572. The number of imidazole rings is 1. The van der Waals surface area contributed by atoms with E-state index in [1.54, 1.807) is 24.2 Å². The summed E-state index contributed by atoms with van der Waals surface area (Å²) in [4.78, 5) is 20.9. The van der Waals surface area contributed by atoms with Gasteiger partial charge in [-0.1, -0.05) is 25.1 Å². The number of fused-ring (bicyclic) bond motifs is 1. The molecular weight excluding hydrogens is 270 g/mol. The molecule has 2 atom stereocenters. The summed E-state index contributed by atoms with van der Waals surface area (Å²) in [5.74, 6) is 0.913. The normalized spacial score (nSPS) is 18.6. The Balaban J connectivity index is 1.66. The van der Waals surface area contributed by atoms with Gasteiger partial charge in [-0.15, -0.1) is 11.8 Å². The van der Waals surface area contributed by atoms with Gasteiger partial charge in [-0.25, -0.2) is 4.98 Å². The number of thioether (sulfide) groups is 1. The van der Waals surface area contributed by atoms with E-state index in [0.29, 0.717) is 0 Å². The first kappa shape index (κ1) is 13.2. The predicted octanol–water partition coefficient (Wildman–Crippen LogP) is 2.69. The molecule has 0 radical (unpaired) electrons. The zero-order valence-electron chi connectivity index (χ0n) is 11.3. The third-order valence-corrected chi connectivity index (χ3v) is 4.83. The number of carbonyl (C=O) groups is 1. The molecule has 3 rings (SSSR count). The van der Waals surface area contributed by atoms with Crippen LogP contribution in [0.15, 0.2) is 41.6 Å². The zero-order valence-corrected chi connectivity index (χ0v) is 12.1. The molecule has 1 aliphatic heterocycles. The fourth-order valence-corrected chi connectivity index (χ4v) is 3.63. The average molecular weight is 287 g/mol. The van der Waals surface area contributed by atoms with Crippen molar-refractivity contribution in [2.75, 3.05) is 0 Å². The molecule has 2 aromatic rings. The molecule has 2 heterocycles. The third-order valence-electron chi connectivity index (χ3n) is 3.51. The molecule has 0 spiro atoms. The Hall–Kier alpha value is -1.75. The van der Waals surface area contributed by atoms with E-state index >= 15 is 0 Å². The van der Waals surface area contributed by atoms with Crippen LogP contribution in [-0.4, -0.2) is 21.1 Å². The molecule has 0 aliphatic carbocycles. The molecule has 2 unspecified atom stereocenters. The number of benzene rings is 1. The number of hydrogen-bond donors (Lipinski definition) is 2. The number of hydrogen-bond acceptors (Lipinski definition) is 3. The van der Waals surface area contributed by atoms with Crippen molar-refractivity contribution in [3.8, 4) is 0 Å². The number of rotatable bonds is 4. The average Bonchev–Trinajstić information content (AvgIpc) is 3.13. The monoisotopic (exact) mass is 287 g/mol. The number of nitrogens with zero attached hydrogens (tertiary/aromatic N) is 1. The molecule has 1 aromatic carbocycles. The van der Waals surface area contributed by atoms with Crippen LogP contribution in [0, 0.1) is 0 Å². The van der Waals surface area contributed by atoms with E-state index in [9.17, 15) is 4.79 Å². The smallest absolute Gasteiger partial charge is 0.234 e. The van der Waals surface area contributed by atoms with Crippen molar-refractivity contribution >= 4 is 17.7 Å². The first-order chi connectivity index (χ1) is 9.78. The van der Waals surface area contributed by atoms with Crippen LogP contribution in [0.1, 0.15) is 30.8 Å². The van der Waals surface area contributed by atoms with E-state index in [4.69, 9.17) is 0 Å². The van der Waals surface area contributed by atoms with Crippen LogP contribution in [0.4, 0.5) is 0 Å². The molecule has 0 bridgehead atoms. The molecule has 104 valence electrons. The third kappa shape index (κ3) is 2.58. The molecule has 0 fully saturated rings. The lowest BCUT2D eigenvalue weighted by Gasteiger charge is -2.17. The first-order valence-electron chi connectivity index (χ1n) is 6.82. The van der Waals surface area contributed by atoms with Crippen LogP contribution in [0.25, 0.3) is 0 Å². The maximum Gasteiger partial charge on any atom is 0.234 e. The van der Waals surface area contributed by atoms with E-state index in [0.717, 1.165) is 18.7 Å². The van der Waals surface area contributed by atoms with Gasteiger partial charge in [-0.2, -0.15) is 0 Å². The molecule has 1 aromatic heterocycles. The fraction of sp³-hybridized carbons (Fsp3) is 0.333. The van der Waals surface area contributed by atoms with Gasteiger partial charge in [-0.3, -0.25) is 4.79 Å². The quantitative estimate of drug-likeness (QED) is 0.909. The van der Waals surface area contributed by atoms with Crippen molar-refractivity contribution in [3.63, 3.8) is 0 Å². The van der Waals surface area contributed by atoms with Crippen LogP contribution in [0.5, 0.6) is 0 Å². The van der Waals surface area contributed by atoms with E-state index in [1.165, 1.54) is 10.5 Å². The standard InChI is InChI=1S/C15H17N3OS/c1-2-11(14-16-7-8-17-14)18-15(19)13-9-10-5-3-4-6-12(10)20-13/h3-8,11,13H,2,9H2,1H3,(H,16,17)(H,18,19). The van der Waals surface area contributed by atoms with E-state index in [2.05, 4.69) is 27.4 Å². The number of aromatic amines is 1. The Morgan fingerprint density at radius 1 is 1.55 bits per heavy atom. The van der Waals surface area contributed by atoms with Crippen LogP contribution < -0.4 is 5.32 Å². The van der Waals surface area contributed by atoms with Crippen molar-refractivity contribution in [3.05, 3.63) is 48.0 Å². The highest BCUT2D eigenvalue weighted by Crippen LogP contribution is 2.37. The molecule has 5 heteroatoms. The summed E-state index contributed by atoms with van der Waals surface area (Å²) < 4.78 is 0. The van der Waals surface area contributed by atoms with Crippen molar-refractivity contribution in [1.29, 1.82) is 0 Å². The zero-order chi connectivity index (χ0) is 13.9. The summed E-state index contributed by atoms with van der Waals surface area (Å²) in [5.41, 5.74) is 1.27. The van der Waals surface area contributed by atoms with Crippen molar-refractivity contribution in [2.24, 2.45) is 0 Å². The van der Waals surface area contributed by atoms with Gasteiger partial charge in [-0.05, 0) is 24.5 Å². The van der Waals surface area contributed by atoms with Gasteiger partial charge in [0.1, 0.15) is 5.82 Å². The second kappa shape index (κ2) is 5.71. The number of amides is 1. The summed E-state index contributed by atoms with van der Waals surface area (Å²) in [6.45, 7) is 2.05. The van der Waals surface area contributed by atoms with Crippen molar-refractivity contribution in [2.45, 2.75) is 36.0 Å². The predicted molar refractivity (Wildman–Crippen MR) is 79.6 cm³/mol. The van der Waals surface area contributed by atoms with E-state index in [-0.39, 0.29) is 17.2 Å². The van der Waals surface area contributed by atoms with Crippen LogP contribution >= 0.6 is 11.8 Å². The van der Waals surface area contributed by atoms with Crippen molar-refractivity contribution in [1.82, 2.24) is 15.3 Å². The van der Waals surface area contributed by atoms with Crippen molar-refractivity contribution < 1.29 is 4.79 Å². The van der Waals surface area contributed by atoms with Gasteiger partial charge in [0, 0.05) is 17.3 Å². The lowest BCUT2D eigenvalue weighted by atomic mass is 10.1. The van der Waals surface area contributed by atoms with Gasteiger partial charge in [0.05, 0.1) is 11.3 Å². The van der Waals surface area contributed by atoms with Crippen LogP contribution in [-0.2, 0) is 11.2 Å². The fourth-order valence-electron chi connectivity index (χ4n) is 2.42. The van der Waals surface area contributed by atoms with Gasteiger partial charge in [0.2, 0.25) is 5.91 Å². The maximum absolute atomic E-state index is 12.4. The lowest BCUT2D eigenvalue weighted by Crippen LogP contribution is -2.35. The largest absolute Gasteiger partial charge is 0.347 e. The molecule has 0 saturated carbocycles. The Morgan fingerprint density at radius 2 is 2.40 bits per heavy atom. The molecule has 1 aliphatic rings. The number of aromatic nitrogens is 2. The Labute approximate surface area is 122 Å². The lowest BCUT2D eigenvalue weighted by molar-refractivity contribution is -0.121. The second-order valence-electron chi connectivity index (χ2n) is 4.86. The molecule has 4 nitrogen and oxygen atoms in total. The maximum atomic E-state index is 12.4. The first-order valence-corrected chi connectivity index (χ1v) is 7.70. The SMILES string of the molecule is CCC(NC(=O)C1Cc2ccccc2S1)c1ncc[nH]1. The molecule has 20 heavy (non-hydrogen) atoms. The van der Waals surface area contributed by atoms with E-state index < -0.39 is 0 Å². The minimum Gasteiger partial charge on any atom is -0.347 e. The minimum atomic E-state index is -0.0400. The summed E-state index contributed by atoms with van der Waals surface area (Å²) in [6.07, 6.45) is 5.12. The molecular formula is C15H17N3OS. The summed E-state index contributed by atoms with van der Waals surface area (Å²) >= 11 is 1.65. The van der Waals surface area contributed by atoms with Gasteiger partial charge < -0.3 is 10.3 Å². The second-order valence-corrected chi connectivity index (χ2v) is 6.11. The van der Waals surface area contributed by atoms with Gasteiger partial charge in [0.15, 0.2) is 0 Å². The summed E-state index contributed by atoms with van der Waals surface area (Å²) in [6, 6.07) is 8.18.